The molecule has 4 rings (SSSR count). The molecule has 0 spiro atoms. The third-order valence-corrected chi connectivity index (χ3v) is 5.77. The lowest BCUT2D eigenvalue weighted by Gasteiger charge is -2.27. The normalized spacial score (nSPS) is 17.6. The zero-order valence-electron chi connectivity index (χ0n) is 16.1. The molecule has 2 aromatic carbocycles. The second kappa shape index (κ2) is 7.22. The molecule has 0 aromatic heterocycles. The summed E-state index contributed by atoms with van der Waals surface area (Å²) in [7, 11) is 0. The lowest BCUT2D eigenvalue weighted by Crippen LogP contribution is -2.38. The van der Waals surface area contributed by atoms with Crippen molar-refractivity contribution >= 4 is 23.2 Å². The fraction of sp³-hybridized carbons (Fsp3) is 0.364. The van der Waals surface area contributed by atoms with Gasteiger partial charge < -0.3 is 10.4 Å². The third kappa shape index (κ3) is 3.77. The Morgan fingerprint density at radius 1 is 1.21 bits per heavy atom. The number of nitrogens with zero attached hydrogens (tertiary/aromatic N) is 1. The van der Waals surface area contributed by atoms with E-state index in [4.69, 9.17) is 11.6 Å². The highest BCUT2D eigenvalue weighted by atomic mass is 35.5. The minimum atomic E-state index is -0.272. The number of rotatable bonds is 5. The number of aromatic hydroxyl groups is 1. The van der Waals surface area contributed by atoms with Gasteiger partial charge in [0.15, 0.2) is 0 Å². The first kappa shape index (κ1) is 19.0. The molecule has 6 heteroatoms. The van der Waals surface area contributed by atoms with Crippen molar-refractivity contribution in [3.05, 3.63) is 63.7 Å². The number of carbonyl (C=O) groups is 1. The third-order valence-electron chi connectivity index (χ3n) is 5.42. The first-order valence-electron chi connectivity index (χ1n) is 9.61. The number of carbonyl (C=O) groups excluding carboxylic acids is 1. The van der Waals surface area contributed by atoms with Crippen LogP contribution in [0, 0.1) is 0 Å². The molecule has 0 radical (unpaired) electrons. The van der Waals surface area contributed by atoms with E-state index in [0.29, 0.717) is 40.7 Å². The van der Waals surface area contributed by atoms with E-state index in [-0.39, 0.29) is 17.2 Å². The molecular formula is C22H24ClN3O2. The van der Waals surface area contributed by atoms with Crippen molar-refractivity contribution in [1.82, 2.24) is 10.7 Å². The average Bonchev–Trinajstić information content (AvgIpc) is 3.37. The van der Waals surface area contributed by atoms with E-state index in [1.54, 1.807) is 18.2 Å². The molecule has 2 aliphatic rings. The van der Waals surface area contributed by atoms with Crippen molar-refractivity contribution in [1.29, 1.82) is 0 Å². The molecule has 2 aromatic rings. The van der Waals surface area contributed by atoms with Gasteiger partial charge in [0.25, 0.3) is 5.91 Å². The fourth-order valence-corrected chi connectivity index (χ4v) is 3.96. The predicted molar refractivity (Wildman–Crippen MR) is 111 cm³/mol. The lowest BCUT2D eigenvalue weighted by atomic mass is 9.92. The van der Waals surface area contributed by atoms with Gasteiger partial charge in [-0.05, 0) is 74.9 Å². The molecule has 1 saturated carbocycles. The van der Waals surface area contributed by atoms with Gasteiger partial charge in [-0.3, -0.25) is 4.79 Å². The number of hydrazone groups is 1. The van der Waals surface area contributed by atoms with Crippen LogP contribution >= 0.6 is 11.6 Å². The van der Waals surface area contributed by atoms with Crippen molar-refractivity contribution in [2.24, 2.45) is 5.10 Å². The Balaban J connectivity index is 1.52. The van der Waals surface area contributed by atoms with Crippen molar-refractivity contribution in [3.63, 3.8) is 0 Å². The summed E-state index contributed by atoms with van der Waals surface area (Å²) in [6.45, 7) is 4.26. The van der Waals surface area contributed by atoms with E-state index in [2.05, 4.69) is 29.7 Å². The molecule has 1 fully saturated rings. The maximum Gasteiger partial charge on any atom is 0.271 e. The van der Waals surface area contributed by atoms with E-state index in [0.717, 1.165) is 11.1 Å². The zero-order valence-corrected chi connectivity index (χ0v) is 16.8. The summed E-state index contributed by atoms with van der Waals surface area (Å²) in [6, 6.07) is 11.4. The number of benzene rings is 2. The van der Waals surface area contributed by atoms with Crippen molar-refractivity contribution in [2.45, 2.75) is 51.1 Å². The van der Waals surface area contributed by atoms with E-state index >= 15 is 0 Å². The van der Waals surface area contributed by atoms with Gasteiger partial charge in [-0.15, -0.1) is 0 Å². The Hall–Kier alpha value is -2.37. The molecule has 0 saturated heterocycles. The molecule has 0 bridgehead atoms. The van der Waals surface area contributed by atoms with E-state index in [1.807, 2.05) is 18.2 Å². The van der Waals surface area contributed by atoms with Crippen molar-refractivity contribution in [2.75, 3.05) is 0 Å². The molecule has 0 atom stereocenters. The molecule has 0 heterocycles. The highest BCUT2D eigenvalue weighted by Crippen LogP contribution is 2.35. The number of hydrogen-bond donors (Lipinski definition) is 3. The van der Waals surface area contributed by atoms with Crippen LogP contribution in [0.15, 0.2) is 41.5 Å². The topological polar surface area (TPSA) is 73.7 Å². The summed E-state index contributed by atoms with van der Waals surface area (Å²) in [5.74, 6) is -0.133. The number of amides is 1. The molecule has 0 aliphatic heterocycles. The van der Waals surface area contributed by atoms with Gasteiger partial charge in [-0.25, -0.2) is 5.43 Å². The molecule has 28 heavy (non-hydrogen) atoms. The van der Waals surface area contributed by atoms with Crippen LogP contribution in [0.3, 0.4) is 0 Å². The molecule has 146 valence electrons. The Labute approximate surface area is 169 Å². The minimum absolute atomic E-state index is 0.139. The quantitative estimate of drug-likeness (QED) is 0.664. The largest absolute Gasteiger partial charge is 0.507 e. The predicted octanol–water partition coefficient (Wildman–Crippen LogP) is 4.11. The van der Waals surface area contributed by atoms with Crippen LogP contribution in [0.4, 0.5) is 0 Å². The van der Waals surface area contributed by atoms with Gasteiger partial charge in [-0.1, -0.05) is 23.7 Å². The molecule has 1 amide bonds. The summed E-state index contributed by atoms with van der Waals surface area (Å²) in [4.78, 5) is 12.7. The Morgan fingerprint density at radius 3 is 2.75 bits per heavy atom. The smallest absolute Gasteiger partial charge is 0.271 e. The van der Waals surface area contributed by atoms with Gasteiger partial charge in [0.05, 0.1) is 5.71 Å². The number of phenols is 1. The van der Waals surface area contributed by atoms with Crippen molar-refractivity contribution in [3.8, 4) is 5.75 Å². The Morgan fingerprint density at radius 2 is 2.00 bits per heavy atom. The maximum atomic E-state index is 12.7. The number of hydrogen-bond acceptors (Lipinski definition) is 4. The SMILES string of the molecule is CC(C)(NC1CC1)c1cccc(C(=O)N/N=C2\CCc3c(Cl)ccc(O)c32)c1. The minimum Gasteiger partial charge on any atom is -0.507 e. The first-order valence-corrected chi connectivity index (χ1v) is 9.99. The van der Waals surface area contributed by atoms with Crippen LogP contribution in [0.25, 0.3) is 0 Å². The zero-order chi connectivity index (χ0) is 19.9. The average molecular weight is 398 g/mol. The molecule has 3 N–H and O–H groups in total. The van der Waals surface area contributed by atoms with Gasteiger partial charge in [0.2, 0.25) is 0 Å². The van der Waals surface area contributed by atoms with Crippen LogP contribution in [0.5, 0.6) is 5.75 Å². The monoisotopic (exact) mass is 397 g/mol. The van der Waals surface area contributed by atoms with E-state index in [9.17, 15) is 9.90 Å². The number of phenolic OH excluding ortho intramolecular Hbond substituents is 1. The number of fused-ring (bicyclic) bond motifs is 1. The number of halogens is 1. The van der Waals surface area contributed by atoms with Crippen molar-refractivity contribution < 1.29 is 9.90 Å². The first-order chi connectivity index (χ1) is 13.3. The highest BCUT2D eigenvalue weighted by molar-refractivity contribution is 6.32. The molecular weight excluding hydrogens is 374 g/mol. The second-order valence-corrected chi connectivity index (χ2v) is 8.45. The van der Waals surface area contributed by atoms with Gasteiger partial charge in [-0.2, -0.15) is 5.10 Å². The Kier molecular flexibility index (Phi) is 4.89. The highest BCUT2D eigenvalue weighted by Gasteiger charge is 2.30. The fourth-order valence-electron chi connectivity index (χ4n) is 3.71. The summed E-state index contributed by atoms with van der Waals surface area (Å²) in [5, 5.41) is 18.7. The van der Waals surface area contributed by atoms with Crippen LogP contribution in [0.1, 0.15) is 60.2 Å². The summed E-state index contributed by atoms with van der Waals surface area (Å²) in [5.41, 5.74) is 6.22. The van der Waals surface area contributed by atoms with Gasteiger partial charge >= 0.3 is 0 Å². The standard InChI is InChI=1S/C22H24ClN3O2/c1-22(2,24-15-6-7-15)14-5-3-4-13(12-14)21(28)26-25-18-10-8-16-17(23)9-11-19(27)20(16)18/h3-5,9,11-12,15,24,27H,6-8,10H2,1-2H3,(H,26,28)/b25-18+. The summed E-state index contributed by atoms with van der Waals surface area (Å²) < 4.78 is 0. The molecule has 2 aliphatic carbocycles. The van der Waals surface area contributed by atoms with Crippen LogP contribution in [-0.4, -0.2) is 22.8 Å². The van der Waals surface area contributed by atoms with Crippen LogP contribution in [-0.2, 0) is 12.0 Å². The summed E-state index contributed by atoms with van der Waals surface area (Å²) >= 11 is 6.21. The Bertz CT molecular complexity index is 964. The van der Waals surface area contributed by atoms with Gasteiger partial charge in [0.1, 0.15) is 5.75 Å². The van der Waals surface area contributed by atoms with E-state index in [1.165, 1.54) is 12.8 Å². The molecule has 5 nitrogen and oxygen atoms in total. The number of nitrogens with one attached hydrogen (secondary N) is 2. The molecule has 0 unspecified atom stereocenters. The second-order valence-electron chi connectivity index (χ2n) is 8.04. The van der Waals surface area contributed by atoms with Crippen LogP contribution < -0.4 is 10.7 Å². The van der Waals surface area contributed by atoms with Crippen LogP contribution in [0.2, 0.25) is 5.02 Å². The lowest BCUT2D eigenvalue weighted by molar-refractivity contribution is 0.0954. The summed E-state index contributed by atoms with van der Waals surface area (Å²) in [6.07, 6.45) is 3.75. The van der Waals surface area contributed by atoms with Gasteiger partial charge in [0, 0.05) is 27.7 Å². The maximum absolute atomic E-state index is 12.7. The van der Waals surface area contributed by atoms with E-state index < -0.39 is 0 Å².